The molecule has 0 aliphatic carbocycles. The van der Waals surface area contributed by atoms with Crippen molar-refractivity contribution in [3.63, 3.8) is 0 Å². The number of benzene rings is 1. The lowest BCUT2D eigenvalue weighted by molar-refractivity contribution is -0.119. The summed E-state index contributed by atoms with van der Waals surface area (Å²) in [5.41, 5.74) is 2.71. The average molecular weight is 201 g/mol. The molecule has 0 radical (unpaired) electrons. The minimum absolute atomic E-state index is 0.271. The van der Waals surface area contributed by atoms with Crippen molar-refractivity contribution in [2.24, 2.45) is 0 Å². The van der Waals surface area contributed by atoms with Crippen LogP contribution in [0.25, 0.3) is 0 Å². The second-order valence-electron chi connectivity index (χ2n) is 3.64. The lowest BCUT2D eigenvalue weighted by Gasteiger charge is -2.16. The molecular weight excluding hydrogens is 190 g/mol. The molecule has 0 fully saturated rings. The zero-order valence-electron chi connectivity index (χ0n) is 8.65. The van der Waals surface area contributed by atoms with E-state index in [2.05, 4.69) is 0 Å². The number of imide groups is 1. The van der Waals surface area contributed by atoms with Crippen molar-refractivity contribution < 1.29 is 9.59 Å². The van der Waals surface area contributed by atoms with Gasteiger partial charge in [0.25, 0.3) is 11.8 Å². The van der Waals surface area contributed by atoms with Gasteiger partial charge in [-0.2, -0.15) is 0 Å². The standard InChI is InChI=1S/C12H11NO2/c1-8-3-4-10(9(2)7-8)13-11(14)5-6-12(13)15/h3-7H,1-2H3. The molecule has 1 aromatic rings. The molecule has 15 heavy (non-hydrogen) atoms. The predicted octanol–water partition coefficient (Wildman–Crippen LogP) is 1.73. The second kappa shape index (κ2) is 3.35. The summed E-state index contributed by atoms with van der Waals surface area (Å²) in [7, 11) is 0. The first kappa shape index (κ1) is 9.65. The second-order valence-corrected chi connectivity index (χ2v) is 3.64. The normalized spacial score (nSPS) is 15.2. The van der Waals surface area contributed by atoms with Crippen molar-refractivity contribution in [3.05, 3.63) is 41.5 Å². The number of carbonyl (C=O) groups excluding carboxylic acids is 2. The molecule has 76 valence electrons. The van der Waals surface area contributed by atoms with Crippen LogP contribution in [-0.4, -0.2) is 11.8 Å². The summed E-state index contributed by atoms with van der Waals surface area (Å²) in [5.74, 6) is -0.543. The molecule has 1 heterocycles. The number of anilines is 1. The first-order valence-electron chi connectivity index (χ1n) is 4.73. The number of hydrogen-bond acceptors (Lipinski definition) is 2. The van der Waals surface area contributed by atoms with Crippen LogP contribution < -0.4 is 4.90 Å². The van der Waals surface area contributed by atoms with Gasteiger partial charge < -0.3 is 0 Å². The Balaban J connectivity index is 2.46. The summed E-state index contributed by atoms with van der Waals surface area (Å²) in [5, 5.41) is 0. The Hall–Kier alpha value is -1.90. The zero-order chi connectivity index (χ0) is 11.0. The maximum atomic E-state index is 11.4. The molecule has 0 aromatic heterocycles. The van der Waals surface area contributed by atoms with E-state index in [0.29, 0.717) is 5.69 Å². The van der Waals surface area contributed by atoms with E-state index < -0.39 is 0 Å². The van der Waals surface area contributed by atoms with Gasteiger partial charge in [-0.1, -0.05) is 17.7 Å². The number of rotatable bonds is 1. The lowest BCUT2D eigenvalue weighted by Crippen LogP contribution is -2.30. The summed E-state index contributed by atoms with van der Waals surface area (Å²) in [6, 6.07) is 5.64. The molecule has 1 aliphatic heterocycles. The van der Waals surface area contributed by atoms with E-state index in [1.165, 1.54) is 17.1 Å². The summed E-state index contributed by atoms with van der Waals surface area (Å²) in [6.45, 7) is 3.86. The Morgan fingerprint density at radius 1 is 1.00 bits per heavy atom. The summed E-state index contributed by atoms with van der Waals surface area (Å²) in [6.07, 6.45) is 2.59. The monoisotopic (exact) mass is 201 g/mol. The van der Waals surface area contributed by atoms with E-state index in [1.807, 2.05) is 26.0 Å². The smallest absolute Gasteiger partial charge is 0.258 e. The van der Waals surface area contributed by atoms with Crippen molar-refractivity contribution in [3.8, 4) is 0 Å². The fourth-order valence-corrected chi connectivity index (χ4v) is 1.69. The van der Waals surface area contributed by atoms with Crippen LogP contribution in [-0.2, 0) is 9.59 Å². The third-order valence-corrected chi connectivity index (χ3v) is 2.40. The summed E-state index contributed by atoms with van der Waals surface area (Å²) >= 11 is 0. The van der Waals surface area contributed by atoms with E-state index in [1.54, 1.807) is 6.07 Å². The predicted molar refractivity (Wildman–Crippen MR) is 57.5 cm³/mol. The maximum absolute atomic E-state index is 11.4. The zero-order valence-corrected chi connectivity index (χ0v) is 8.65. The van der Waals surface area contributed by atoms with E-state index in [-0.39, 0.29) is 11.8 Å². The van der Waals surface area contributed by atoms with Gasteiger partial charge in [0.15, 0.2) is 0 Å². The fourth-order valence-electron chi connectivity index (χ4n) is 1.69. The summed E-state index contributed by atoms with van der Waals surface area (Å²) in [4.78, 5) is 24.1. The molecule has 0 atom stereocenters. The number of nitrogens with zero attached hydrogens (tertiary/aromatic N) is 1. The van der Waals surface area contributed by atoms with E-state index in [9.17, 15) is 9.59 Å². The highest BCUT2D eigenvalue weighted by Gasteiger charge is 2.25. The van der Waals surface area contributed by atoms with Gasteiger partial charge in [0.05, 0.1) is 5.69 Å². The van der Waals surface area contributed by atoms with Crippen LogP contribution in [0.5, 0.6) is 0 Å². The van der Waals surface area contributed by atoms with Crippen LogP contribution in [0.2, 0.25) is 0 Å². The van der Waals surface area contributed by atoms with Crippen molar-refractivity contribution in [1.29, 1.82) is 0 Å². The van der Waals surface area contributed by atoms with E-state index in [0.717, 1.165) is 11.1 Å². The molecule has 0 unspecified atom stereocenters. The van der Waals surface area contributed by atoms with Gasteiger partial charge in [0, 0.05) is 12.2 Å². The van der Waals surface area contributed by atoms with Crippen LogP contribution >= 0.6 is 0 Å². The van der Waals surface area contributed by atoms with Gasteiger partial charge in [-0.15, -0.1) is 0 Å². The minimum atomic E-state index is -0.271. The van der Waals surface area contributed by atoms with E-state index in [4.69, 9.17) is 0 Å². The molecule has 0 spiro atoms. The molecular formula is C12H11NO2. The third-order valence-electron chi connectivity index (χ3n) is 2.40. The van der Waals surface area contributed by atoms with E-state index >= 15 is 0 Å². The van der Waals surface area contributed by atoms with Crippen LogP contribution in [0, 0.1) is 13.8 Å². The molecule has 1 aliphatic rings. The van der Waals surface area contributed by atoms with Crippen molar-refractivity contribution in [2.75, 3.05) is 4.90 Å². The first-order chi connectivity index (χ1) is 7.09. The molecule has 0 N–H and O–H groups in total. The average Bonchev–Trinajstić information content (AvgIpc) is 2.48. The van der Waals surface area contributed by atoms with Crippen LogP contribution in [0.15, 0.2) is 30.4 Å². The van der Waals surface area contributed by atoms with Crippen molar-refractivity contribution in [2.45, 2.75) is 13.8 Å². The Morgan fingerprint density at radius 2 is 1.60 bits per heavy atom. The van der Waals surface area contributed by atoms with Gasteiger partial charge >= 0.3 is 0 Å². The van der Waals surface area contributed by atoms with Crippen LogP contribution in [0.3, 0.4) is 0 Å². The van der Waals surface area contributed by atoms with Crippen LogP contribution in [0.1, 0.15) is 11.1 Å². The minimum Gasteiger partial charge on any atom is -0.269 e. The molecule has 3 nitrogen and oxygen atoms in total. The Morgan fingerprint density at radius 3 is 2.13 bits per heavy atom. The molecule has 2 rings (SSSR count). The maximum Gasteiger partial charge on any atom is 0.258 e. The quantitative estimate of drug-likeness (QED) is 0.649. The highest BCUT2D eigenvalue weighted by molar-refractivity contribution is 6.28. The van der Waals surface area contributed by atoms with Crippen molar-refractivity contribution in [1.82, 2.24) is 0 Å². The SMILES string of the molecule is Cc1ccc(N2C(=O)C=CC2=O)c(C)c1. The number of carbonyl (C=O) groups is 2. The van der Waals surface area contributed by atoms with Gasteiger partial charge in [-0.25, -0.2) is 4.90 Å². The fraction of sp³-hybridized carbons (Fsp3) is 0.167. The van der Waals surface area contributed by atoms with Gasteiger partial charge in [0.2, 0.25) is 0 Å². The van der Waals surface area contributed by atoms with Crippen LogP contribution in [0.4, 0.5) is 5.69 Å². The van der Waals surface area contributed by atoms with Gasteiger partial charge in [-0.05, 0) is 25.5 Å². The molecule has 0 bridgehead atoms. The summed E-state index contributed by atoms with van der Waals surface area (Å²) < 4.78 is 0. The highest BCUT2D eigenvalue weighted by atomic mass is 16.2. The number of aryl methyl sites for hydroxylation is 2. The molecule has 0 saturated carbocycles. The van der Waals surface area contributed by atoms with Gasteiger partial charge in [-0.3, -0.25) is 9.59 Å². The molecule has 3 heteroatoms. The molecule has 0 saturated heterocycles. The Bertz CT molecular complexity index is 457. The van der Waals surface area contributed by atoms with Gasteiger partial charge in [0.1, 0.15) is 0 Å². The number of amides is 2. The molecule has 1 aromatic carbocycles. The molecule has 2 amide bonds. The number of hydrogen-bond donors (Lipinski definition) is 0. The highest BCUT2D eigenvalue weighted by Crippen LogP contribution is 2.23. The third kappa shape index (κ3) is 1.56. The first-order valence-corrected chi connectivity index (χ1v) is 4.73. The largest absolute Gasteiger partial charge is 0.269 e. The Kier molecular flexibility index (Phi) is 2.15. The van der Waals surface area contributed by atoms with Crippen molar-refractivity contribution >= 4 is 17.5 Å². The Labute approximate surface area is 88.0 Å². The lowest BCUT2D eigenvalue weighted by atomic mass is 10.1. The topological polar surface area (TPSA) is 37.4 Å².